The minimum absolute atomic E-state index is 0.118. The number of amides is 2. The number of benzene rings is 1. The van der Waals surface area contributed by atoms with Gasteiger partial charge in [-0.3, -0.25) is 9.59 Å². The first-order valence-electron chi connectivity index (χ1n) is 9.69. The maximum Gasteiger partial charge on any atom is 0.416 e. The SMILES string of the molecule is O=C(O)C(=O)Nc1sc2c(c1C(=O)O)CC(CNC(=O)c1cc(C(F)(F)F)cc(C(F)(F)F)c1)OC2. The van der Waals surface area contributed by atoms with E-state index in [4.69, 9.17) is 9.84 Å². The smallest absolute Gasteiger partial charge is 0.416 e. The molecule has 2 amide bonds. The number of ether oxygens (including phenoxy) is 1. The number of halogens is 6. The van der Waals surface area contributed by atoms with Crippen LogP contribution in [0.2, 0.25) is 0 Å². The Labute approximate surface area is 200 Å². The van der Waals surface area contributed by atoms with Gasteiger partial charge in [-0.05, 0) is 23.8 Å². The van der Waals surface area contributed by atoms with Crippen LogP contribution in [0.1, 0.15) is 42.3 Å². The molecule has 1 aromatic heterocycles. The fourth-order valence-electron chi connectivity index (χ4n) is 3.32. The second-order valence-corrected chi connectivity index (χ2v) is 8.52. The molecule has 1 atom stereocenters. The highest BCUT2D eigenvalue weighted by molar-refractivity contribution is 7.17. The number of nitrogens with one attached hydrogen (secondary N) is 2. The van der Waals surface area contributed by atoms with Crippen LogP contribution in [0.25, 0.3) is 0 Å². The average Bonchev–Trinajstić information content (AvgIpc) is 3.13. The summed E-state index contributed by atoms with van der Waals surface area (Å²) in [6, 6.07) is 0.416. The molecule has 0 bridgehead atoms. The minimum Gasteiger partial charge on any atom is -0.478 e. The summed E-state index contributed by atoms with van der Waals surface area (Å²) in [7, 11) is 0. The lowest BCUT2D eigenvalue weighted by atomic mass is 10.0. The molecule has 16 heteroatoms. The average molecular weight is 540 g/mol. The Balaban J connectivity index is 1.78. The van der Waals surface area contributed by atoms with Gasteiger partial charge in [-0.25, -0.2) is 9.59 Å². The van der Waals surface area contributed by atoms with Gasteiger partial charge in [-0.1, -0.05) is 0 Å². The summed E-state index contributed by atoms with van der Waals surface area (Å²) in [6.45, 7) is -0.604. The molecule has 2 aromatic rings. The predicted octanol–water partition coefficient (Wildman–Crippen LogP) is 3.38. The van der Waals surface area contributed by atoms with Gasteiger partial charge in [0.1, 0.15) is 5.00 Å². The first-order chi connectivity index (χ1) is 16.6. The zero-order valence-electron chi connectivity index (χ0n) is 17.5. The first kappa shape index (κ1) is 26.9. The van der Waals surface area contributed by atoms with E-state index < -0.39 is 71.0 Å². The van der Waals surface area contributed by atoms with Crippen molar-refractivity contribution in [3.63, 3.8) is 0 Å². The number of aromatic carboxylic acids is 1. The summed E-state index contributed by atoms with van der Waals surface area (Å²) < 4.78 is 83.6. The molecule has 1 aliphatic heterocycles. The molecular formula is C20H14F6N2O7S. The lowest BCUT2D eigenvalue weighted by Gasteiger charge is -2.24. The fraction of sp³-hybridized carbons (Fsp3) is 0.300. The molecule has 0 saturated carbocycles. The Morgan fingerprint density at radius 2 is 1.58 bits per heavy atom. The minimum atomic E-state index is -5.14. The summed E-state index contributed by atoms with van der Waals surface area (Å²) >= 11 is 0.766. The van der Waals surface area contributed by atoms with E-state index in [2.05, 4.69) is 5.32 Å². The van der Waals surface area contributed by atoms with Crippen LogP contribution in [0, 0.1) is 0 Å². The molecule has 194 valence electrons. The molecule has 36 heavy (non-hydrogen) atoms. The quantitative estimate of drug-likeness (QED) is 0.337. The first-order valence-corrected chi connectivity index (χ1v) is 10.5. The van der Waals surface area contributed by atoms with Gasteiger partial charge in [-0.2, -0.15) is 26.3 Å². The van der Waals surface area contributed by atoms with Gasteiger partial charge >= 0.3 is 30.2 Å². The van der Waals surface area contributed by atoms with Crippen molar-refractivity contribution in [1.82, 2.24) is 5.32 Å². The number of fused-ring (bicyclic) bond motifs is 1. The second-order valence-electron chi connectivity index (χ2n) is 7.41. The molecule has 3 rings (SSSR count). The van der Waals surface area contributed by atoms with E-state index in [1.54, 1.807) is 0 Å². The number of carboxylic acid groups (broad SMARTS) is 2. The topological polar surface area (TPSA) is 142 Å². The van der Waals surface area contributed by atoms with Crippen molar-refractivity contribution in [2.75, 3.05) is 11.9 Å². The van der Waals surface area contributed by atoms with Gasteiger partial charge in [0.15, 0.2) is 0 Å². The van der Waals surface area contributed by atoms with Gasteiger partial charge in [0, 0.05) is 23.4 Å². The summed E-state index contributed by atoms with van der Waals surface area (Å²) in [6.07, 6.45) is -11.4. The molecule has 1 aromatic carbocycles. The molecule has 0 spiro atoms. The van der Waals surface area contributed by atoms with Crippen LogP contribution in [-0.2, 0) is 39.7 Å². The van der Waals surface area contributed by atoms with Crippen LogP contribution in [0.15, 0.2) is 18.2 Å². The molecule has 0 radical (unpaired) electrons. The van der Waals surface area contributed by atoms with Crippen LogP contribution in [0.4, 0.5) is 31.3 Å². The molecular weight excluding hydrogens is 526 g/mol. The lowest BCUT2D eigenvalue weighted by Crippen LogP contribution is -2.37. The van der Waals surface area contributed by atoms with Gasteiger partial charge in [0.25, 0.3) is 5.91 Å². The normalized spacial score (nSPS) is 15.7. The van der Waals surface area contributed by atoms with Crippen LogP contribution < -0.4 is 10.6 Å². The largest absolute Gasteiger partial charge is 0.478 e. The van der Waals surface area contributed by atoms with Crippen molar-refractivity contribution >= 4 is 40.1 Å². The zero-order valence-corrected chi connectivity index (χ0v) is 18.4. The maximum atomic E-state index is 13.0. The highest BCUT2D eigenvalue weighted by Crippen LogP contribution is 2.38. The number of hydrogen-bond donors (Lipinski definition) is 4. The summed E-state index contributed by atoms with van der Waals surface area (Å²) in [5, 5.41) is 22.1. The Bertz CT molecular complexity index is 1210. The predicted molar refractivity (Wildman–Crippen MR) is 109 cm³/mol. The Kier molecular flexibility index (Phi) is 7.31. The molecule has 0 aliphatic carbocycles. The highest BCUT2D eigenvalue weighted by atomic mass is 32.1. The van der Waals surface area contributed by atoms with Crippen molar-refractivity contribution in [2.45, 2.75) is 31.5 Å². The summed E-state index contributed by atoms with van der Waals surface area (Å²) in [5.41, 5.74) is -4.44. The van der Waals surface area contributed by atoms with Crippen molar-refractivity contribution in [3.05, 3.63) is 50.9 Å². The van der Waals surface area contributed by atoms with E-state index in [1.165, 1.54) is 0 Å². The van der Waals surface area contributed by atoms with E-state index in [0.29, 0.717) is 4.88 Å². The highest BCUT2D eigenvalue weighted by Gasteiger charge is 2.38. The number of carboxylic acids is 2. The number of alkyl halides is 6. The van der Waals surface area contributed by atoms with Crippen LogP contribution in [0.3, 0.4) is 0 Å². The molecule has 2 heterocycles. The monoisotopic (exact) mass is 540 g/mol. The molecule has 1 unspecified atom stereocenters. The third-order valence-electron chi connectivity index (χ3n) is 4.95. The number of aliphatic carboxylic acids is 1. The van der Waals surface area contributed by atoms with Crippen LogP contribution >= 0.6 is 11.3 Å². The molecule has 0 saturated heterocycles. The van der Waals surface area contributed by atoms with Crippen molar-refractivity contribution < 1.29 is 60.5 Å². The number of carbonyl (C=O) groups excluding carboxylic acids is 2. The van der Waals surface area contributed by atoms with Gasteiger partial charge in [0.2, 0.25) is 0 Å². The van der Waals surface area contributed by atoms with E-state index in [0.717, 1.165) is 11.3 Å². The van der Waals surface area contributed by atoms with E-state index in [9.17, 15) is 50.6 Å². The maximum absolute atomic E-state index is 13.0. The van der Waals surface area contributed by atoms with Gasteiger partial charge in [-0.15, -0.1) is 11.3 Å². The standard InChI is InChI=1S/C20H14F6N2O7S/c21-19(22,23)8-1-7(2-9(3-8)20(24,25)26)14(29)27-5-10-4-11-12(6-35-10)36-16(13(11)17(31)32)28-15(30)18(33)34/h1-3,10H,4-6H2,(H,27,29)(H,28,30)(H,31,32)(H,33,34). The van der Waals surface area contributed by atoms with Crippen LogP contribution in [-0.4, -0.2) is 46.6 Å². The number of anilines is 1. The van der Waals surface area contributed by atoms with Crippen molar-refractivity contribution in [1.29, 1.82) is 0 Å². The van der Waals surface area contributed by atoms with Crippen LogP contribution in [0.5, 0.6) is 0 Å². The number of hydrogen-bond acceptors (Lipinski definition) is 6. The number of carbonyl (C=O) groups is 4. The Morgan fingerprint density at radius 3 is 2.08 bits per heavy atom. The number of rotatable bonds is 5. The molecule has 4 N–H and O–H groups in total. The molecule has 9 nitrogen and oxygen atoms in total. The van der Waals surface area contributed by atoms with Gasteiger partial charge < -0.3 is 25.6 Å². The molecule has 0 fully saturated rings. The van der Waals surface area contributed by atoms with E-state index in [-0.39, 0.29) is 41.8 Å². The zero-order chi connectivity index (χ0) is 27.0. The van der Waals surface area contributed by atoms with Crippen molar-refractivity contribution in [3.8, 4) is 0 Å². The molecule has 1 aliphatic rings. The summed E-state index contributed by atoms with van der Waals surface area (Å²) in [4.78, 5) is 46.6. The third kappa shape index (κ3) is 5.93. The Morgan fingerprint density at radius 1 is 1.00 bits per heavy atom. The second kappa shape index (κ2) is 9.77. The van der Waals surface area contributed by atoms with Gasteiger partial charge in [0.05, 0.1) is 29.4 Å². The van der Waals surface area contributed by atoms with E-state index >= 15 is 0 Å². The number of thiophene rings is 1. The van der Waals surface area contributed by atoms with E-state index in [1.807, 2.05) is 5.32 Å². The van der Waals surface area contributed by atoms with Crippen molar-refractivity contribution in [2.24, 2.45) is 0 Å². The fourth-order valence-corrected chi connectivity index (χ4v) is 4.46. The lowest BCUT2D eigenvalue weighted by molar-refractivity contribution is -0.147. The third-order valence-corrected chi connectivity index (χ3v) is 6.07. The summed E-state index contributed by atoms with van der Waals surface area (Å²) in [5.74, 6) is -6.06. The Hall–Kier alpha value is -3.66.